The molecule has 0 amide bonds. The van der Waals surface area contributed by atoms with Crippen LogP contribution >= 0.6 is 0 Å². The molecule has 16 heavy (non-hydrogen) atoms. The molecular formula is C10H8F2O4. The minimum absolute atomic E-state index is 0.0419. The predicted molar refractivity (Wildman–Crippen MR) is 48.8 cm³/mol. The second kappa shape index (κ2) is 3.96. The van der Waals surface area contributed by atoms with Crippen molar-refractivity contribution in [1.82, 2.24) is 0 Å². The molecule has 1 unspecified atom stereocenters. The lowest BCUT2D eigenvalue weighted by atomic mass is 10.1. The van der Waals surface area contributed by atoms with Crippen molar-refractivity contribution in [2.45, 2.75) is 19.1 Å². The molecular weight excluding hydrogens is 222 g/mol. The number of hydrogen-bond donors (Lipinski definition) is 1. The summed E-state index contributed by atoms with van der Waals surface area (Å²) in [4.78, 5) is 10.7. The van der Waals surface area contributed by atoms with Gasteiger partial charge in [0.25, 0.3) is 0 Å². The number of carbonyl (C=O) groups is 1. The standard InChI is InChI=1S/C10H8F2O4/c11-10(12)15-6-2-1-5-3-8(9(13)14)16-7(5)4-6/h1-2,4,8,10H,3H2,(H,13,14). The molecule has 0 spiro atoms. The van der Waals surface area contributed by atoms with Gasteiger partial charge < -0.3 is 14.6 Å². The number of alkyl halides is 2. The van der Waals surface area contributed by atoms with Gasteiger partial charge in [0, 0.05) is 12.5 Å². The normalized spacial score (nSPS) is 18.1. The van der Waals surface area contributed by atoms with E-state index in [9.17, 15) is 13.6 Å². The number of hydrogen-bond acceptors (Lipinski definition) is 3. The van der Waals surface area contributed by atoms with Crippen molar-refractivity contribution >= 4 is 5.97 Å². The van der Waals surface area contributed by atoms with Gasteiger partial charge in [-0.1, -0.05) is 6.07 Å². The van der Waals surface area contributed by atoms with E-state index in [4.69, 9.17) is 9.84 Å². The molecule has 0 aliphatic carbocycles. The highest BCUT2D eigenvalue weighted by molar-refractivity contribution is 5.74. The zero-order valence-corrected chi connectivity index (χ0v) is 8.02. The number of carboxylic acid groups (broad SMARTS) is 1. The molecule has 1 aliphatic rings. The number of benzene rings is 1. The highest BCUT2D eigenvalue weighted by atomic mass is 19.3. The summed E-state index contributed by atoms with van der Waals surface area (Å²) in [5, 5.41) is 8.72. The minimum Gasteiger partial charge on any atom is -0.478 e. The molecule has 6 heteroatoms. The van der Waals surface area contributed by atoms with Crippen LogP contribution in [0.3, 0.4) is 0 Å². The Morgan fingerprint density at radius 2 is 2.31 bits per heavy atom. The van der Waals surface area contributed by atoms with E-state index in [1.807, 2.05) is 0 Å². The van der Waals surface area contributed by atoms with Crippen molar-refractivity contribution in [3.8, 4) is 11.5 Å². The van der Waals surface area contributed by atoms with Crippen LogP contribution in [0, 0.1) is 0 Å². The van der Waals surface area contributed by atoms with E-state index in [1.54, 1.807) is 0 Å². The summed E-state index contributed by atoms with van der Waals surface area (Å²) in [6.07, 6.45) is -0.712. The molecule has 0 radical (unpaired) electrons. The summed E-state index contributed by atoms with van der Waals surface area (Å²) < 4.78 is 33.1. The fourth-order valence-electron chi connectivity index (χ4n) is 1.52. The van der Waals surface area contributed by atoms with E-state index >= 15 is 0 Å². The smallest absolute Gasteiger partial charge is 0.387 e. The number of rotatable bonds is 3. The topological polar surface area (TPSA) is 55.8 Å². The van der Waals surface area contributed by atoms with Crippen LogP contribution in [0.1, 0.15) is 5.56 Å². The van der Waals surface area contributed by atoms with E-state index in [1.165, 1.54) is 18.2 Å². The van der Waals surface area contributed by atoms with Crippen LogP contribution in [0.25, 0.3) is 0 Å². The number of ether oxygens (including phenoxy) is 2. The van der Waals surface area contributed by atoms with Gasteiger partial charge in [0.1, 0.15) is 11.5 Å². The zero-order valence-electron chi connectivity index (χ0n) is 8.02. The third-order valence-corrected chi connectivity index (χ3v) is 2.21. The molecule has 2 rings (SSSR count). The van der Waals surface area contributed by atoms with Crippen LogP contribution in [-0.4, -0.2) is 23.8 Å². The summed E-state index contributed by atoms with van der Waals surface area (Å²) in [7, 11) is 0. The fourth-order valence-corrected chi connectivity index (χ4v) is 1.52. The second-order valence-corrected chi connectivity index (χ2v) is 3.30. The van der Waals surface area contributed by atoms with Gasteiger partial charge in [-0.3, -0.25) is 0 Å². The first-order valence-corrected chi connectivity index (χ1v) is 4.53. The van der Waals surface area contributed by atoms with Crippen LogP contribution in [0.4, 0.5) is 8.78 Å². The summed E-state index contributed by atoms with van der Waals surface area (Å²) in [6, 6.07) is 4.15. The summed E-state index contributed by atoms with van der Waals surface area (Å²) >= 11 is 0. The Labute approximate surface area is 89.4 Å². The fraction of sp³-hybridized carbons (Fsp3) is 0.300. The molecule has 1 heterocycles. The Morgan fingerprint density at radius 3 is 2.94 bits per heavy atom. The first-order valence-electron chi connectivity index (χ1n) is 4.53. The minimum atomic E-state index is -2.91. The number of carboxylic acids is 1. The summed E-state index contributed by atoms with van der Waals surface area (Å²) in [5.74, 6) is -0.835. The average molecular weight is 230 g/mol. The van der Waals surface area contributed by atoms with Gasteiger partial charge in [-0.25, -0.2) is 4.79 Å². The molecule has 1 aliphatic heterocycles. The van der Waals surface area contributed by atoms with Gasteiger partial charge in [-0.05, 0) is 11.6 Å². The van der Waals surface area contributed by atoms with Crippen LogP contribution in [0.15, 0.2) is 18.2 Å². The van der Waals surface area contributed by atoms with Gasteiger partial charge >= 0.3 is 12.6 Å². The van der Waals surface area contributed by atoms with Crippen molar-refractivity contribution in [3.63, 3.8) is 0 Å². The third kappa shape index (κ3) is 2.05. The Kier molecular flexibility index (Phi) is 2.64. The maximum Gasteiger partial charge on any atom is 0.387 e. The molecule has 0 fully saturated rings. The molecule has 0 bridgehead atoms. The monoisotopic (exact) mass is 230 g/mol. The van der Waals surface area contributed by atoms with Crippen LogP contribution in [0.2, 0.25) is 0 Å². The molecule has 0 aromatic heterocycles. The summed E-state index contributed by atoms with van der Waals surface area (Å²) in [6.45, 7) is -2.91. The zero-order chi connectivity index (χ0) is 11.7. The highest BCUT2D eigenvalue weighted by Crippen LogP contribution is 2.32. The molecule has 1 aromatic carbocycles. The van der Waals surface area contributed by atoms with Gasteiger partial charge in [0.05, 0.1) is 0 Å². The van der Waals surface area contributed by atoms with E-state index in [0.717, 1.165) is 0 Å². The lowest BCUT2D eigenvalue weighted by Gasteiger charge is -2.06. The largest absolute Gasteiger partial charge is 0.478 e. The third-order valence-electron chi connectivity index (χ3n) is 2.21. The van der Waals surface area contributed by atoms with Gasteiger partial charge in [0.15, 0.2) is 6.10 Å². The SMILES string of the molecule is O=C(O)C1Cc2ccc(OC(F)F)cc2O1. The van der Waals surface area contributed by atoms with Crippen molar-refractivity contribution in [1.29, 1.82) is 0 Å². The van der Waals surface area contributed by atoms with Crippen LogP contribution in [0.5, 0.6) is 11.5 Å². The van der Waals surface area contributed by atoms with Crippen molar-refractivity contribution < 1.29 is 28.2 Å². The Bertz CT molecular complexity index is 419. The van der Waals surface area contributed by atoms with E-state index in [2.05, 4.69) is 4.74 Å². The molecule has 1 N–H and O–H groups in total. The Morgan fingerprint density at radius 1 is 1.56 bits per heavy atom. The molecule has 0 saturated heterocycles. The average Bonchev–Trinajstić information content (AvgIpc) is 2.59. The molecule has 4 nitrogen and oxygen atoms in total. The number of halogens is 2. The maximum atomic E-state index is 11.9. The Hall–Kier alpha value is -1.85. The molecule has 0 saturated carbocycles. The van der Waals surface area contributed by atoms with E-state index in [0.29, 0.717) is 5.56 Å². The van der Waals surface area contributed by atoms with Crippen LogP contribution < -0.4 is 9.47 Å². The molecule has 1 atom stereocenters. The first kappa shape index (κ1) is 10.7. The molecule has 1 aromatic rings. The van der Waals surface area contributed by atoms with Crippen molar-refractivity contribution in [2.75, 3.05) is 0 Å². The first-order chi connectivity index (χ1) is 7.56. The van der Waals surface area contributed by atoms with Crippen molar-refractivity contribution in [2.24, 2.45) is 0 Å². The van der Waals surface area contributed by atoms with Gasteiger partial charge in [-0.2, -0.15) is 8.78 Å². The van der Waals surface area contributed by atoms with Crippen molar-refractivity contribution in [3.05, 3.63) is 23.8 Å². The molecule has 86 valence electrons. The maximum absolute atomic E-state index is 11.9. The Balaban J connectivity index is 2.17. The lowest BCUT2D eigenvalue weighted by molar-refractivity contribution is -0.144. The second-order valence-electron chi connectivity index (χ2n) is 3.30. The van der Waals surface area contributed by atoms with Gasteiger partial charge in [0.2, 0.25) is 0 Å². The highest BCUT2D eigenvalue weighted by Gasteiger charge is 2.29. The number of aliphatic carboxylic acids is 1. The number of fused-ring (bicyclic) bond motifs is 1. The van der Waals surface area contributed by atoms with E-state index in [-0.39, 0.29) is 17.9 Å². The lowest BCUT2D eigenvalue weighted by Crippen LogP contribution is -2.24. The quantitative estimate of drug-likeness (QED) is 0.858. The summed E-state index contributed by atoms with van der Waals surface area (Å²) in [5.41, 5.74) is 0.675. The van der Waals surface area contributed by atoms with E-state index < -0.39 is 18.7 Å². The predicted octanol–water partition coefficient (Wildman–Crippen LogP) is 1.68. The van der Waals surface area contributed by atoms with Crippen LogP contribution in [-0.2, 0) is 11.2 Å². The van der Waals surface area contributed by atoms with Gasteiger partial charge in [-0.15, -0.1) is 0 Å².